The van der Waals surface area contributed by atoms with Gasteiger partial charge in [0.1, 0.15) is 5.69 Å². The zero-order chi connectivity index (χ0) is 12.8. The highest BCUT2D eigenvalue weighted by atomic mass is 35.5. The van der Waals surface area contributed by atoms with Crippen molar-refractivity contribution in [2.75, 3.05) is 13.1 Å². The number of hydrogen-bond donors (Lipinski definition) is 1. The van der Waals surface area contributed by atoms with Crippen molar-refractivity contribution in [1.29, 1.82) is 0 Å². The third-order valence-corrected chi connectivity index (χ3v) is 2.63. The summed E-state index contributed by atoms with van der Waals surface area (Å²) in [5, 5.41) is 11.8. The molecule has 1 N–H and O–H groups in total. The number of rotatable bonds is 6. The Balaban J connectivity index is 1.95. The molecule has 0 fully saturated rings. The molecule has 0 spiro atoms. The fourth-order valence-corrected chi connectivity index (χ4v) is 1.61. The molecule has 0 unspecified atom stereocenters. The molecule has 18 heavy (non-hydrogen) atoms. The Labute approximate surface area is 111 Å². The average molecular weight is 267 g/mol. The van der Waals surface area contributed by atoms with Crippen LogP contribution in [0.25, 0.3) is 11.6 Å². The Morgan fingerprint density at radius 3 is 2.94 bits per heavy atom. The first-order valence-corrected chi connectivity index (χ1v) is 6.32. The molecule has 0 saturated carbocycles. The second-order valence-electron chi connectivity index (χ2n) is 3.82. The van der Waals surface area contributed by atoms with Crippen molar-refractivity contribution in [2.45, 2.75) is 19.8 Å². The second kappa shape index (κ2) is 6.47. The van der Waals surface area contributed by atoms with Gasteiger partial charge in [-0.25, -0.2) is 4.98 Å². The molecule has 0 saturated heterocycles. The van der Waals surface area contributed by atoms with E-state index in [1.54, 1.807) is 18.3 Å². The fraction of sp³-hybridized carbons (Fsp3) is 0.417. The van der Waals surface area contributed by atoms with Crippen molar-refractivity contribution in [2.24, 2.45) is 0 Å². The van der Waals surface area contributed by atoms with Crippen LogP contribution in [-0.4, -0.2) is 28.3 Å². The maximum absolute atomic E-state index is 5.77. The van der Waals surface area contributed by atoms with Crippen LogP contribution < -0.4 is 5.32 Å². The van der Waals surface area contributed by atoms with Gasteiger partial charge in [-0.1, -0.05) is 18.5 Å². The van der Waals surface area contributed by atoms with E-state index >= 15 is 0 Å². The molecule has 96 valence electrons. The molecule has 0 amide bonds. The minimum atomic E-state index is 0.435. The SMILES string of the molecule is CCNCCCc1nnc(-c2ccc(Cl)cn2)o1. The van der Waals surface area contributed by atoms with Gasteiger partial charge >= 0.3 is 0 Å². The molecule has 5 nitrogen and oxygen atoms in total. The summed E-state index contributed by atoms with van der Waals surface area (Å²) in [6.07, 6.45) is 3.31. The van der Waals surface area contributed by atoms with Crippen molar-refractivity contribution < 1.29 is 4.42 Å². The topological polar surface area (TPSA) is 63.8 Å². The summed E-state index contributed by atoms with van der Waals surface area (Å²) in [7, 11) is 0. The third-order valence-electron chi connectivity index (χ3n) is 2.41. The van der Waals surface area contributed by atoms with E-state index in [0.29, 0.717) is 22.5 Å². The van der Waals surface area contributed by atoms with Crippen LogP contribution in [0.4, 0.5) is 0 Å². The predicted molar refractivity (Wildman–Crippen MR) is 69.4 cm³/mol. The summed E-state index contributed by atoms with van der Waals surface area (Å²) >= 11 is 5.77. The molecular weight excluding hydrogens is 252 g/mol. The van der Waals surface area contributed by atoms with Gasteiger partial charge in [0.2, 0.25) is 5.89 Å². The molecule has 0 atom stereocenters. The summed E-state index contributed by atoms with van der Waals surface area (Å²) in [5.41, 5.74) is 0.643. The monoisotopic (exact) mass is 266 g/mol. The molecule has 0 aliphatic heterocycles. The molecule has 2 rings (SSSR count). The summed E-state index contributed by atoms with van der Waals surface area (Å²) in [4.78, 5) is 4.13. The lowest BCUT2D eigenvalue weighted by Crippen LogP contribution is -2.14. The predicted octanol–water partition coefficient (Wildman–Crippen LogP) is 2.33. The van der Waals surface area contributed by atoms with Crippen LogP contribution in [0.15, 0.2) is 22.7 Å². The van der Waals surface area contributed by atoms with Crippen molar-refractivity contribution >= 4 is 11.6 Å². The van der Waals surface area contributed by atoms with E-state index in [1.165, 1.54) is 0 Å². The van der Waals surface area contributed by atoms with Crippen LogP contribution >= 0.6 is 11.6 Å². The molecule has 2 heterocycles. The maximum Gasteiger partial charge on any atom is 0.266 e. The van der Waals surface area contributed by atoms with Crippen LogP contribution in [0.3, 0.4) is 0 Å². The van der Waals surface area contributed by atoms with Gasteiger partial charge in [-0.2, -0.15) is 0 Å². The number of halogens is 1. The largest absolute Gasteiger partial charge is 0.419 e. The van der Waals surface area contributed by atoms with Crippen molar-refractivity contribution in [3.8, 4) is 11.6 Å². The molecule has 0 aromatic carbocycles. The van der Waals surface area contributed by atoms with E-state index in [-0.39, 0.29) is 0 Å². The van der Waals surface area contributed by atoms with Crippen LogP contribution in [-0.2, 0) is 6.42 Å². The van der Waals surface area contributed by atoms with E-state index in [0.717, 1.165) is 25.9 Å². The van der Waals surface area contributed by atoms with Gasteiger partial charge in [0.25, 0.3) is 5.89 Å². The molecule has 0 aliphatic carbocycles. The second-order valence-corrected chi connectivity index (χ2v) is 4.26. The van der Waals surface area contributed by atoms with Crippen molar-refractivity contribution in [3.63, 3.8) is 0 Å². The minimum absolute atomic E-state index is 0.435. The minimum Gasteiger partial charge on any atom is -0.419 e. The lowest BCUT2D eigenvalue weighted by Gasteiger charge is -1.97. The van der Waals surface area contributed by atoms with Gasteiger partial charge in [-0.05, 0) is 31.6 Å². The van der Waals surface area contributed by atoms with Crippen molar-refractivity contribution in [3.05, 3.63) is 29.2 Å². The number of hydrogen-bond acceptors (Lipinski definition) is 5. The Bertz CT molecular complexity index is 483. The van der Waals surface area contributed by atoms with E-state index < -0.39 is 0 Å². The first kappa shape index (κ1) is 13.0. The highest BCUT2D eigenvalue weighted by Crippen LogP contribution is 2.17. The highest BCUT2D eigenvalue weighted by molar-refractivity contribution is 6.30. The molecule has 0 aliphatic rings. The standard InChI is InChI=1S/C12H15ClN4O/c1-2-14-7-3-4-11-16-17-12(18-11)10-6-5-9(13)8-15-10/h5-6,8,14H,2-4,7H2,1H3. The Kier molecular flexibility index (Phi) is 4.66. The summed E-state index contributed by atoms with van der Waals surface area (Å²) < 4.78 is 5.53. The number of aryl methyl sites for hydroxylation is 1. The fourth-order valence-electron chi connectivity index (χ4n) is 1.50. The van der Waals surface area contributed by atoms with Crippen LogP contribution in [0.2, 0.25) is 5.02 Å². The van der Waals surface area contributed by atoms with Gasteiger partial charge in [0.05, 0.1) is 5.02 Å². The van der Waals surface area contributed by atoms with Gasteiger partial charge in [0.15, 0.2) is 0 Å². The summed E-state index contributed by atoms with van der Waals surface area (Å²) in [6, 6.07) is 3.51. The Morgan fingerprint density at radius 2 is 2.22 bits per heavy atom. The zero-order valence-corrected chi connectivity index (χ0v) is 10.9. The lowest BCUT2D eigenvalue weighted by molar-refractivity contribution is 0.491. The molecule has 6 heteroatoms. The van der Waals surface area contributed by atoms with Gasteiger partial charge in [-0.3, -0.25) is 0 Å². The van der Waals surface area contributed by atoms with Crippen LogP contribution in [0.1, 0.15) is 19.2 Å². The lowest BCUT2D eigenvalue weighted by atomic mass is 10.3. The van der Waals surface area contributed by atoms with Crippen molar-refractivity contribution in [1.82, 2.24) is 20.5 Å². The zero-order valence-electron chi connectivity index (χ0n) is 10.2. The number of pyridine rings is 1. The first-order chi connectivity index (χ1) is 8.79. The van der Waals surface area contributed by atoms with E-state index in [2.05, 4.69) is 27.4 Å². The molecule has 2 aromatic rings. The number of aromatic nitrogens is 3. The van der Waals surface area contributed by atoms with Gasteiger partial charge in [0, 0.05) is 12.6 Å². The van der Waals surface area contributed by atoms with E-state index in [9.17, 15) is 0 Å². The smallest absolute Gasteiger partial charge is 0.266 e. The summed E-state index contributed by atoms with van der Waals surface area (Å²) in [6.45, 7) is 4.01. The molecule has 2 aromatic heterocycles. The molecule has 0 bridgehead atoms. The Hall–Kier alpha value is -1.46. The summed E-state index contributed by atoms with van der Waals surface area (Å²) in [5.74, 6) is 1.07. The average Bonchev–Trinajstić information content (AvgIpc) is 2.84. The third kappa shape index (κ3) is 3.51. The first-order valence-electron chi connectivity index (χ1n) is 5.94. The number of nitrogens with one attached hydrogen (secondary N) is 1. The highest BCUT2D eigenvalue weighted by Gasteiger charge is 2.09. The quantitative estimate of drug-likeness (QED) is 0.813. The molecular formula is C12H15ClN4O. The van der Waals surface area contributed by atoms with Crippen LogP contribution in [0, 0.1) is 0 Å². The van der Waals surface area contributed by atoms with Crippen LogP contribution in [0.5, 0.6) is 0 Å². The number of nitrogens with zero attached hydrogens (tertiary/aromatic N) is 3. The Morgan fingerprint density at radius 1 is 1.33 bits per heavy atom. The van der Waals surface area contributed by atoms with Gasteiger partial charge < -0.3 is 9.73 Å². The van der Waals surface area contributed by atoms with E-state index in [4.69, 9.17) is 16.0 Å². The van der Waals surface area contributed by atoms with E-state index in [1.807, 2.05) is 0 Å². The van der Waals surface area contributed by atoms with Gasteiger partial charge in [-0.15, -0.1) is 10.2 Å². The molecule has 0 radical (unpaired) electrons. The maximum atomic E-state index is 5.77. The normalized spacial score (nSPS) is 10.8.